The van der Waals surface area contributed by atoms with Gasteiger partial charge in [-0.15, -0.1) is 0 Å². The van der Waals surface area contributed by atoms with Crippen molar-refractivity contribution in [2.75, 3.05) is 0 Å². The Morgan fingerprint density at radius 2 is 1.92 bits per heavy atom. The average Bonchev–Trinajstić information content (AvgIpc) is 3.13. The lowest BCUT2D eigenvalue weighted by atomic mass is 10.2. The van der Waals surface area contributed by atoms with Crippen molar-refractivity contribution in [2.24, 2.45) is 7.05 Å². The first-order valence-electron chi connectivity index (χ1n) is 7.74. The van der Waals surface area contributed by atoms with E-state index in [9.17, 15) is 9.18 Å². The van der Waals surface area contributed by atoms with E-state index in [1.807, 2.05) is 43.8 Å². The first-order valence-corrected chi connectivity index (χ1v) is 7.74. The van der Waals surface area contributed by atoms with Crippen molar-refractivity contribution in [3.63, 3.8) is 0 Å². The maximum Gasteiger partial charge on any atom is 0.270 e. The van der Waals surface area contributed by atoms with E-state index in [1.165, 1.54) is 12.1 Å². The average molecular weight is 326 g/mol. The largest absolute Gasteiger partial charge is 0.349 e. The zero-order chi connectivity index (χ0) is 17.3. The van der Waals surface area contributed by atoms with Crippen molar-refractivity contribution in [2.45, 2.75) is 19.9 Å². The summed E-state index contributed by atoms with van der Waals surface area (Å²) < 4.78 is 16.7. The van der Waals surface area contributed by atoms with Gasteiger partial charge in [-0.25, -0.2) is 9.07 Å². The van der Waals surface area contributed by atoms with Crippen molar-refractivity contribution in [1.29, 1.82) is 0 Å². The quantitative estimate of drug-likeness (QED) is 0.801. The number of carbonyl (C=O) groups excluding carboxylic acids is 1. The fraction of sp³-hybridized carbons (Fsp3) is 0.222. The lowest BCUT2D eigenvalue weighted by Gasteiger charge is -2.10. The van der Waals surface area contributed by atoms with Crippen LogP contribution in [0.2, 0.25) is 0 Å². The van der Waals surface area contributed by atoms with Crippen LogP contribution in [-0.4, -0.2) is 26.3 Å². The molecule has 3 rings (SSSR count). The molecule has 3 aromatic rings. The minimum atomic E-state index is -0.332. The molecular weight excluding hydrogens is 307 g/mol. The highest BCUT2D eigenvalue weighted by Gasteiger charge is 2.19. The van der Waals surface area contributed by atoms with Crippen molar-refractivity contribution in [3.8, 4) is 17.1 Å². The fourth-order valence-electron chi connectivity index (χ4n) is 2.51. The van der Waals surface area contributed by atoms with Gasteiger partial charge in [0, 0.05) is 19.3 Å². The maximum atomic E-state index is 13.2. The summed E-state index contributed by atoms with van der Waals surface area (Å²) in [5.74, 6) is -0.552. The topological polar surface area (TPSA) is 51.9 Å². The molecule has 2 heterocycles. The third kappa shape index (κ3) is 3.08. The molecule has 0 unspecified atom stereocenters. The van der Waals surface area contributed by atoms with Crippen LogP contribution in [0.4, 0.5) is 4.39 Å². The Morgan fingerprint density at radius 3 is 2.50 bits per heavy atom. The molecule has 5 nitrogen and oxygen atoms in total. The normalized spacial score (nSPS) is 11.0. The monoisotopic (exact) mass is 326 g/mol. The molecule has 124 valence electrons. The molecule has 1 aromatic carbocycles. The molecule has 2 aromatic heterocycles. The van der Waals surface area contributed by atoms with Crippen LogP contribution in [0.25, 0.3) is 17.1 Å². The number of nitrogens with one attached hydrogen (secondary N) is 1. The SMILES string of the molecule is CC(C)NC(=O)c1cc(-c2cccn2C)nn1-c1ccc(F)cc1. The second kappa shape index (κ2) is 6.31. The highest BCUT2D eigenvalue weighted by Crippen LogP contribution is 2.22. The molecule has 0 saturated heterocycles. The molecule has 0 saturated carbocycles. The van der Waals surface area contributed by atoms with E-state index >= 15 is 0 Å². The highest BCUT2D eigenvalue weighted by molar-refractivity contribution is 5.94. The van der Waals surface area contributed by atoms with Crippen molar-refractivity contribution in [3.05, 3.63) is 60.2 Å². The van der Waals surface area contributed by atoms with Gasteiger partial charge < -0.3 is 9.88 Å². The van der Waals surface area contributed by atoms with Gasteiger partial charge >= 0.3 is 0 Å². The minimum absolute atomic E-state index is 0.00699. The Balaban J connectivity index is 2.11. The second-order valence-corrected chi connectivity index (χ2v) is 5.94. The Bertz CT molecular complexity index is 862. The zero-order valence-corrected chi connectivity index (χ0v) is 13.8. The number of rotatable bonds is 4. The van der Waals surface area contributed by atoms with Crippen molar-refractivity contribution < 1.29 is 9.18 Å². The van der Waals surface area contributed by atoms with E-state index < -0.39 is 0 Å². The summed E-state index contributed by atoms with van der Waals surface area (Å²) in [5.41, 5.74) is 2.62. The number of aryl methyl sites for hydroxylation is 1. The molecule has 0 aliphatic carbocycles. The van der Waals surface area contributed by atoms with E-state index in [2.05, 4.69) is 10.4 Å². The molecule has 1 amide bonds. The summed E-state index contributed by atoms with van der Waals surface area (Å²) in [7, 11) is 1.92. The summed E-state index contributed by atoms with van der Waals surface area (Å²) in [4.78, 5) is 12.5. The Hall–Kier alpha value is -2.89. The molecule has 6 heteroatoms. The van der Waals surface area contributed by atoms with Gasteiger partial charge in [0.15, 0.2) is 0 Å². The molecule has 1 N–H and O–H groups in total. The van der Waals surface area contributed by atoms with Gasteiger partial charge in [0.2, 0.25) is 0 Å². The molecular formula is C18H19FN4O. The van der Waals surface area contributed by atoms with Crippen LogP contribution in [0.3, 0.4) is 0 Å². The van der Waals surface area contributed by atoms with Gasteiger partial charge in [0.25, 0.3) is 5.91 Å². The van der Waals surface area contributed by atoms with E-state index in [-0.39, 0.29) is 17.8 Å². The van der Waals surface area contributed by atoms with E-state index in [4.69, 9.17) is 0 Å². The van der Waals surface area contributed by atoms with Gasteiger partial charge in [-0.2, -0.15) is 5.10 Å². The third-order valence-electron chi connectivity index (χ3n) is 3.64. The van der Waals surface area contributed by atoms with Crippen LogP contribution in [0.1, 0.15) is 24.3 Å². The molecule has 0 aliphatic heterocycles. The smallest absolute Gasteiger partial charge is 0.270 e. The molecule has 0 atom stereocenters. The van der Waals surface area contributed by atoms with Crippen LogP contribution >= 0.6 is 0 Å². The maximum absolute atomic E-state index is 13.2. The summed E-state index contributed by atoms with van der Waals surface area (Å²) in [6, 6.07) is 11.5. The first kappa shape index (κ1) is 16.0. The van der Waals surface area contributed by atoms with Crippen LogP contribution in [0.5, 0.6) is 0 Å². The lowest BCUT2D eigenvalue weighted by Crippen LogP contribution is -2.31. The summed E-state index contributed by atoms with van der Waals surface area (Å²) in [6.45, 7) is 3.79. The van der Waals surface area contributed by atoms with Crippen LogP contribution in [0, 0.1) is 5.82 Å². The number of nitrogens with zero attached hydrogens (tertiary/aromatic N) is 3. The zero-order valence-electron chi connectivity index (χ0n) is 13.8. The predicted octanol–water partition coefficient (Wildman–Crippen LogP) is 3.16. The second-order valence-electron chi connectivity index (χ2n) is 5.94. The molecule has 0 bridgehead atoms. The third-order valence-corrected chi connectivity index (χ3v) is 3.64. The summed E-state index contributed by atoms with van der Waals surface area (Å²) >= 11 is 0. The minimum Gasteiger partial charge on any atom is -0.349 e. The highest BCUT2D eigenvalue weighted by atomic mass is 19.1. The molecule has 0 spiro atoms. The first-order chi connectivity index (χ1) is 11.5. The van der Waals surface area contributed by atoms with E-state index in [1.54, 1.807) is 22.9 Å². The number of hydrogen-bond donors (Lipinski definition) is 1. The predicted molar refractivity (Wildman–Crippen MR) is 90.5 cm³/mol. The van der Waals surface area contributed by atoms with Crippen LogP contribution < -0.4 is 5.32 Å². The number of carbonyl (C=O) groups is 1. The molecule has 0 fully saturated rings. The summed E-state index contributed by atoms with van der Waals surface area (Å²) in [6.07, 6.45) is 1.92. The standard InChI is InChI=1S/C18H19FN4O/c1-12(2)20-18(24)17-11-15(16-5-4-10-22(16)3)21-23(17)14-8-6-13(19)7-9-14/h4-12H,1-3H3,(H,20,24). The van der Waals surface area contributed by atoms with Crippen LogP contribution in [0.15, 0.2) is 48.7 Å². The van der Waals surface area contributed by atoms with E-state index in [0.717, 1.165) is 5.69 Å². The number of halogens is 1. The van der Waals surface area contributed by atoms with E-state index in [0.29, 0.717) is 17.1 Å². The Kier molecular flexibility index (Phi) is 4.20. The van der Waals surface area contributed by atoms with Gasteiger partial charge in [-0.05, 0) is 56.3 Å². The van der Waals surface area contributed by atoms with Gasteiger partial charge in [0.1, 0.15) is 17.2 Å². The Morgan fingerprint density at radius 1 is 1.21 bits per heavy atom. The van der Waals surface area contributed by atoms with Crippen molar-refractivity contribution >= 4 is 5.91 Å². The van der Waals surface area contributed by atoms with Gasteiger partial charge in [-0.1, -0.05) is 0 Å². The van der Waals surface area contributed by atoms with Gasteiger partial charge in [-0.3, -0.25) is 4.79 Å². The molecule has 0 aliphatic rings. The lowest BCUT2D eigenvalue weighted by molar-refractivity contribution is 0.0935. The van der Waals surface area contributed by atoms with Crippen LogP contribution in [-0.2, 0) is 7.05 Å². The number of amides is 1. The summed E-state index contributed by atoms with van der Waals surface area (Å²) in [5, 5.41) is 7.43. The Labute approximate surface area is 139 Å². The number of benzene rings is 1. The van der Waals surface area contributed by atoms with Crippen molar-refractivity contribution in [1.82, 2.24) is 19.7 Å². The fourth-order valence-corrected chi connectivity index (χ4v) is 2.51. The number of aromatic nitrogens is 3. The van der Waals surface area contributed by atoms with Gasteiger partial charge in [0.05, 0.1) is 11.4 Å². The number of hydrogen-bond acceptors (Lipinski definition) is 2. The molecule has 0 radical (unpaired) electrons. The molecule has 24 heavy (non-hydrogen) atoms.